The van der Waals surface area contributed by atoms with Crippen molar-refractivity contribution in [2.45, 2.75) is 19.8 Å². The molecule has 1 aromatic rings. The van der Waals surface area contributed by atoms with Gasteiger partial charge in [0.25, 0.3) is 0 Å². The van der Waals surface area contributed by atoms with Crippen LogP contribution in [0.3, 0.4) is 0 Å². The highest BCUT2D eigenvalue weighted by atomic mass is 16.2. The van der Waals surface area contributed by atoms with E-state index in [-0.39, 0.29) is 0 Å². The van der Waals surface area contributed by atoms with Crippen LogP contribution in [0.4, 0.5) is 5.82 Å². The smallest absolute Gasteiger partial charge is 0.315 e. The molecule has 1 rings (SSSR count). The van der Waals surface area contributed by atoms with Crippen molar-refractivity contribution in [3.63, 3.8) is 0 Å². The predicted molar refractivity (Wildman–Crippen MR) is 65.4 cm³/mol. The van der Waals surface area contributed by atoms with E-state index in [1.165, 1.54) is 4.90 Å². The van der Waals surface area contributed by atoms with Crippen molar-refractivity contribution < 1.29 is 9.59 Å². The van der Waals surface area contributed by atoms with Gasteiger partial charge in [0.05, 0.1) is 0 Å². The van der Waals surface area contributed by atoms with Crippen LogP contribution in [0.15, 0.2) is 24.4 Å². The molecule has 17 heavy (non-hydrogen) atoms. The molecule has 0 saturated heterocycles. The van der Waals surface area contributed by atoms with Crippen molar-refractivity contribution in [3.8, 4) is 0 Å². The maximum Gasteiger partial charge on any atom is 0.315 e. The van der Waals surface area contributed by atoms with E-state index in [4.69, 9.17) is 0 Å². The normalized spacial score (nSPS) is 9.76. The molecule has 0 aromatic carbocycles. The molecule has 1 heterocycles. The minimum Gasteiger partial charge on any atom is -0.338 e. The SMILES string of the molecule is CCCCN(C)C(=O)C(=O)Nc1ccccn1. The molecule has 0 aliphatic rings. The van der Waals surface area contributed by atoms with Gasteiger partial charge in [0.2, 0.25) is 0 Å². The lowest BCUT2D eigenvalue weighted by Gasteiger charge is -2.15. The van der Waals surface area contributed by atoms with Gasteiger partial charge in [-0.25, -0.2) is 4.98 Å². The van der Waals surface area contributed by atoms with Crippen LogP contribution in [0.25, 0.3) is 0 Å². The zero-order valence-corrected chi connectivity index (χ0v) is 10.1. The first-order valence-electron chi connectivity index (χ1n) is 5.62. The van der Waals surface area contributed by atoms with Gasteiger partial charge in [0.15, 0.2) is 0 Å². The fraction of sp³-hybridized carbons (Fsp3) is 0.417. The van der Waals surface area contributed by atoms with E-state index in [1.54, 1.807) is 31.4 Å². The molecule has 1 aromatic heterocycles. The Balaban J connectivity index is 2.50. The molecule has 5 heteroatoms. The Bertz CT molecular complexity index is 379. The summed E-state index contributed by atoms with van der Waals surface area (Å²) in [5.41, 5.74) is 0. The van der Waals surface area contributed by atoms with E-state index in [2.05, 4.69) is 10.3 Å². The van der Waals surface area contributed by atoms with Crippen LogP contribution in [0, 0.1) is 0 Å². The first kappa shape index (κ1) is 13.2. The van der Waals surface area contributed by atoms with Crippen molar-refractivity contribution in [2.75, 3.05) is 18.9 Å². The highest BCUT2D eigenvalue weighted by molar-refractivity contribution is 6.39. The number of anilines is 1. The first-order valence-corrected chi connectivity index (χ1v) is 5.62. The summed E-state index contributed by atoms with van der Waals surface area (Å²) in [5, 5.41) is 2.46. The second-order valence-corrected chi connectivity index (χ2v) is 3.75. The summed E-state index contributed by atoms with van der Waals surface area (Å²) >= 11 is 0. The number of nitrogens with one attached hydrogen (secondary N) is 1. The van der Waals surface area contributed by atoms with Gasteiger partial charge in [-0.3, -0.25) is 9.59 Å². The van der Waals surface area contributed by atoms with Crippen LogP contribution in [-0.2, 0) is 9.59 Å². The van der Waals surface area contributed by atoms with Crippen molar-refractivity contribution >= 4 is 17.6 Å². The predicted octanol–water partition coefficient (Wildman–Crippen LogP) is 1.28. The Labute approximate surface area is 101 Å². The Morgan fingerprint density at radius 1 is 1.41 bits per heavy atom. The van der Waals surface area contributed by atoms with Gasteiger partial charge in [0, 0.05) is 19.8 Å². The van der Waals surface area contributed by atoms with Crippen molar-refractivity contribution in [2.24, 2.45) is 0 Å². The number of aromatic nitrogens is 1. The third kappa shape index (κ3) is 4.22. The molecule has 0 saturated carbocycles. The summed E-state index contributed by atoms with van der Waals surface area (Å²) in [6.07, 6.45) is 3.43. The van der Waals surface area contributed by atoms with Crippen LogP contribution in [0.5, 0.6) is 0 Å². The molecule has 0 atom stereocenters. The second kappa shape index (κ2) is 6.62. The lowest BCUT2D eigenvalue weighted by molar-refractivity contribution is -0.142. The molecule has 1 N–H and O–H groups in total. The molecule has 0 fully saturated rings. The topological polar surface area (TPSA) is 62.3 Å². The zero-order chi connectivity index (χ0) is 12.7. The lowest BCUT2D eigenvalue weighted by atomic mass is 10.3. The third-order valence-electron chi connectivity index (χ3n) is 2.29. The van der Waals surface area contributed by atoms with Gasteiger partial charge in [-0.2, -0.15) is 0 Å². The summed E-state index contributed by atoms with van der Waals surface area (Å²) in [5.74, 6) is -0.804. The molecule has 2 amide bonds. The van der Waals surface area contributed by atoms with E-state index in [1.807, 2.05) is 6.92 Å². The number of carbonyl (C=O) groups excluding carboxylic acids is 2. The number of unbranched alkanes of at least 4 members (excludes halogenated alkanes) is 1. The van der Waals surface area contributed by atoms with Gasteiger partial charge >= 0.3 is 11.8 Å². The average Bonchev–Trinajstić information content (AvgIpc) is 2.36. The molecular weight excluding hydrogens is 218 g/mol. The van der Waals surface area contributed by atoms with Crippen LogP contribution < -0.4 is 5.32 Å². The van der Waals surface area contributed by atoms with Crippen LogP contribution >= 0.6 is 0 Å². The average molecular weight is 235 g/mol. The standard InChI is InChI=1S/C12H17N3O2/c1-3-4-9-15(2)12(17)11(16)14-10-7-5-6-8-13-10/h5-8H,3-4,9H2,1-2H3,(H,13,14,16). The molecular formula is C12H17N3O2. The Kier molecular flexibility index (Phi) is 5.13. The zero-order valence-electron chi connectivity index (χ0n) is 10.1. The third-order valence-corrected chi connectivity index (χ3v) is 2.29. The molecule has 5 nitrogen and oxygen atoms in total. The van der Waals surface area contributed by atoms with Crippen LogP contribution in [-0.4, -0.2) is 35.3 Å². The van der Waals surface area contributed by atoms with Crippen LogP contribution in [0.1, 0.15) is 19.8 Å². The van der Waals surface area contributed by atoms with Gasteiger partial charge in [-0.1, -0.05) is 19.4 Å². The van der Waals surface area contributed by atoms with E-state index in [0.717, 1.165) is 12.8 Å². The largest absolute Gasteiger partial charge is 0.338 e. The van der Waals surface area contributed by atoms with Crippen LogP contribution in [0.2, 0.25) is 0 Å². The molecule has 92 valence electrons. The molecule has 0 unspecified atom stereocenters. The molecule has 0 bridgehead atoms. The molecule has 0 aliphatic heterocycles. The Morgan fingerprint density at radius 2 is 2.18 bits per heavy atom. The summed E-state index contributed by atoms with van der Waals surface area (Å²) in [4.78, 5) is 28.6. The maximum absolute atomic E-state index is 11.6. The van der Waals surface area contributed by atoms with Gasteiger partial charge < -0.3 is 10.2 Å². The molecule has 0 aliphatic carbocycles. The number of pyridine rings is 1. The number of amides is 2. The molecule has 0 radical (unpaired) electrons. The van der Waals surface area contributed by atoms with E-state index >= 15 is 0 Å². The second-order valence-electron chi connectivity index (χ2n) is 3.75. The summed E-state index contributed by atoms with van der Waals surface area (Å²) in [7, 11) is 1.62. The van der Waals surface area contributed by atoms with E-state index in [0.29, 0.717) is 12.4 Å². The first-order chi connectivity index (χ1) is 8.15. The number of nitrogens with zero attached hydrogens (tertiary/aromatic N) is 2. The minimum atomic E-state index is -0.651. The minimum absolute atomic E-state index is 0.384. The number of rotatable bonds is 4. The van der Waals surface area contributed by atoms with E-state index in [9.17, 15) is 9.59 Å². The number of likely N-dealkylation sites (N-methyl/N-ethyl adjacent to an activating group) is 1. The van der Waals surface area contributed by atoms with E-state index < -0.39 is 11.8 Å². The summed E-state index contributed by atoms with van der Waals surface area (Å²) in [6.45, 7) is 2.62. The van der Waals surface area contributed by atoms with Crippen molar-refractivity contribution in [3.05, 3.63) is 24.4 Å². The fourth-order valence-corrected chi connectivity index (χ4v) is 1.28. The Morgan fingerprint density at radius 3 is 2.76 bits per heavy atom. The molecule has 0 spiro atoms. The quantitative estimate of drug-likeness (QED) is 0.800. The van der Waals surface area contributed by atoms with Gasteiger partial charge in [-0.05, 0) is 18.6 Å². The summed E-state index contributed by atoms with van der Waals surface area (Å²) < 4.78 is 0. The van der Waals surface area contributed by atoms with Gasteiger partial charge in [0.1, 0.15) is 5.82 Å². The monoisotopic (exact) mass is 235 g/mol. The number of carbonyl (C=O) groups is 2. The highest BCUT2D eigenvalue weighted by Crippen LogP contribution is 2.01. The van der Waals surface area contributed by atoms with Gasteiger partial charge in [-0.15, -0.1) is 0 Å². The lowest BCUT2D eigenvalue weighted by Crippen LogP contribution is -2.37. The highest BCUT2D eigenvalue weighted by Gasteiger charge is 2.18. The maximum atomic E-state index is 11.6. The summed E-state index contributed by atoms with van der Waals surface area (Å²) in [6, 6.07) is 5.12. The Hall–Kier alpha value is -1.91. The number of hydrogen-bond acceptors (Lipinski definition) is 3. The number of hydrogen-bond donors (Lipinski definition) is 1. The van der Waals surface area contributed by atoms with Crippen molar-refractivity contribution in [1.29, 1.82) is 0 Å². The fourth-order valence-electron chi connectivity index (χ4n) is 1.28. The van der Waals surface area contributed by atoms with Crippen molar-refractivity contribution in [1.82, 2.24) is 9.88 Å².